The smallest absolute Gasteiger partial charge is 0.377 e. The number of halogens is 1. The fourth-order valence-electron chi connectivity index (χ4n) is 1.61. The molecule has 0 fully saturated rings. The monoisotopic (exact) mass is 355 g/mol. The summed E-state index contributed by atoms with van der Waals surface area (Å²) in [7, 11) is 1.24. The number of hydrogen-bond donors (Lipinski definition) is 1. The Hall–Kier alpha value is -2.19. The van der Waals surface area contributed by atoms with Crippen molar-refractivity contribution in [3.8, 4) is 5.75 Å². The van der Waals surface area contributed by atoms with Crippen molar-refractivity contribution in [3.05, 3.63) is 35.1 Å². The van der Waals surface area contributed by atoms with Crippen LogP contribution in [0.25, 0.3) is 0 Å². The summed E-state index contributed by atoms with van der Waals surface area (Å²) in [5, 5.41) is 3.35. The van der Waals surface area contributed by atoms with Gasteiger partial charge in [-0.15, -0.1) is 0 Å². The lowest BCUT2D eigenvalue weighted by molar-refractivity contribution is -0.116. The zero-order valence-electron chi connectivity index (χ0n) is 12.2. The molecule has 0 saturated heterocycles. The third kappa shape index (κ3) is 5.19. The van der Waals surface area contributed by atoms with E-state index in [0.717, 1.165) is 11.5 Å². The first-order chi connectivity index (χ1) is 11.1. The number of para-hydroxylation sites is 1. The fourth-order valence-corrected chi connectivity index (χ4v) is 2.37. The summed E-state index contributed by atoms with van der Waals surface area (Å²) < 4.78 is 13.8. The molecule has 0 aliphatic heterocycles. The lowest BCUT2D eigenvalue weighted by Crippen LogP contribution is -2.13. The van der Waals surface area contributed by atoms with Crippen LogP contribution in [0.5, 0.6) is 5.75 Å². The van der Waals surface area contributed by atoms with E-state index in [9.17, 15) is 9.59 Å². The summed E-state index contributed by atoms with van der Waals surface area (Å²) in [6, 6.07) is 7.13. The van der Waals surface area contributed by atoms with Crippen LogP contribution in [0.1, 0.15) is 23.5 Å². The van der Waals surface area contributed by atoms with Crippen LogP contribution in [0.4, 0.5) is 5.13 Å². The molecule has 7 nitrogen and oxygen atoms in total. The molecule has 1 N–H and O–H groups in total. The van der Waals surface area contributed by atoms with Gasteiger partial charge in [0.2, 0.25) is 11.0 Å². The van der Waals surface area contributed by atoms with Crippen LogP contribution >= 0.6 is 23.1 Å². The molecule has 2 aromatic rings. The van der Waals surface area contributed by atoms with Gasteiger partial charge in [-0.1, -0.05) is 23.7 Å². The molecule has 1 heterocycles. The summed E-state index contributed by atoms with van der Waals surface area (Å²) in [4.78, 5) is 26.8. The number of esters is 1. The molecule has 0 bridgehead atoms. The molecular formula is C14H14ClN3O4S. The molecule has 0 aliphatic rings. The number of nitrogens with zero attached hydrogens (tertiary/aromatic N) is 2. The second-order valence-electron chi connectivity index (χ2n) is 4.35. The van der Waals surface area contributed by atoms with Crippen LogP contribution in [0.2, 0.25) is 5.02 Å². The van der Waals surface area contributed by atoms with E-state index in [1.54, 1.807) is 12.1 Å². The van der Waals surface area contributed by atoms with E-state index in [4.69, 9.17) is 16.3 Å². The lowest BCUT2D eigenvalue weighted by atomic mass is 10.3. The number of amides is 1. The fraction of sp³-hybridized carbons (Fsp3) is 0.286. The summed E-state index contributed by atoms with van der Waals surface area (Å²) in [5.41, 5.74) is 0. The van der Waals surface area contributed by atoms with E-state index in [-0.39, 0.29) is 23.3 Å². The van der Waals surface area contributed by atoms with E-state index in [0.29, 0.717) is 23.8 Å². The molecule has 122 valence electrons. The quantitative estimate of drug-likeness (QED) is 0.606. The minimum Gasteiger partial charge on any atom is -0.492 e. The second-order valence-corrected chi connectivity index (χ2v) is 5.50. The van der Waals surface area contributed by atoms with E-state index in [1.165, 1.54) is 7.11 Å². The van der Waals surface area contributed by atoms with Gasteiger partial charge in [0, 0.05) is 18.0 Å². The number of nitrogens with one attached hydrogen (secondary N) is 1. The zero-order valence-corrected chi connectivity index (χ0v) is 13.8. The molecular weight excluding hydrogens is 342 g/mol. The summed E-state index contributed by atoms with van der Waals surface area (Å²) in [5.74, 6) is -0.369. The Morgan fingerprint density at radius 1 is 1.35 bits per heavy atom. The van der Waals surface area contributed by atoms with Gasteiger partial charge in [0.1, 0.15) is 5.75 Å². The number of rotatable bonds is 7. The van der Waals surface area contributed by atoms with Crippen LogP contribution in [-0.2, 0) is 9.53 Å². The Balaban J connectivity index is 1.72. The first kappa shape index (κ1) is 17.2. The summed E-state index contributed by atoms with van der Waals surface area (Å²) in [6.45, 7) is 0.362. The predicted molar refractivity (Wildman–Crippen MR) is 86.1 cm³/mol. The standard InChI is InChI=1S/C14H14ClN3O4S/c1-21-13(20)12-17-14(23-18-12)16-11(19)7-4-8-22-10-6-3-2-5-9(10)15/h2-3,5-6H,4,7-8H2,1H3,(H,16,17,18,19). The third-order valence-electron chi connectivity index (χ3n) is 2.68. The van der Waals surface area contributed by atoms with Crippen molar-refractivity contribution in [3.63, 3.8) is 0 Å². The van der Waals surface area contributed by atoms with Crippen molar-refractivity contribution >= 4 is 40.1 Å². The molecule has 2 rings (SSSR count). The number of aromatic nitrogens is 2. The Kier molecular flexibility index (Phi) is 6.30. The van der Waals surface area contributed by atoms with Crippen molar-refractivity contribution in [2.24, 2.45) is 0 Å². The van der Waals surface area contributed by atoms with E-state index < -0.39 is 5.97 Å². The van der Waals surface area contributed by atoms with Gasteiger partial charge >= 0.3 is 5.97 Å². The van der Waals surface area contributed by atoms with Crippen LogP contribution in [0.3, 0.4) is 0 Å². The average Bonchev–Trinajstić information content (AvgIpc) is 3.00. The Bertz CT molecular complexity index is 692. The second kappa shape index (κ2) is 8.44. The molecule has 1 aromatic carbocycles. The number of carbonyl (C=O) groups excluding carboxylic acids is 2. The van der Waals surface area contributed by atoms with Crippen LogP contribution < -0.4 is 10.1 Å². The van der Waals surface area contributed by atoms with Crippen molar-refractivity contribution in [1.82, 2.24) is 9.36 Å². The highest BCUT2D eigenvalue weighted by Crippen LogP contribution is 2.23. The van der Waals surface area contributed by atoms with Crippen molar-refractivity contribution in [2.75, 3.05) is 19.0 Å². The number of anilines is 1. The molecule has 0 spiro atoms. The molecule has 1 amide bonds. The van der Waals surface area contributed by atoms with Gasteiger partial charge in [-0.25, -0.2) is 4.79 Å². The predicted octanol–water partition coefficient (Wildman–Crippen LogP) is 2.78. The largest absolute Gasteiger partial charge is 0.492 e. The maximum atomic E-state index is 11.8. The van der Waals surface area contributed by atoms with E-state index in [2.05, 4.69) is 19.4 Å². The highest BCUT2D eigenvalue weighted by molar-refractivity contribution is 7.10. The Morgan fingerprint density at radius 2 is 2.13 bits per heavy atom. The van der Waals surface area contributed by atoms with Crippen molar-refractivity contribution in [2.45, 2.75) is 12.8 Å². The van der Waals surface area contributed by atoms with Crippen LogP contribution in [-0.4, -0.2) is 35.0 Å². The van der Waals surface area contributed by atoms with Gasteiger partial charge in [0.05, 0.1) is 18.7 Å². The summed E-state index contributed by atoms with van der Waals surface area (Å²) >= 11 is 6.87. The maximum absolute atomic E-state index is 11.8. The zero-order chi connectivity index (χ0) is 16.7. The van der Waals surface area contributed by atoms with Gasteiger partial charge in [-0.2, -0.15) is 9.36 Å². The molecule has 0 atom stereocenters. The normalized spacial score (nSPS) is 10.2. The number of ether oxygens (including phenoxy) is 2. The van der Waals surface area contributed by atoms with Crippen molar-refractivity contribution < 1.29 is 19.1 Å². The van der Waals surface area contributed by atoms with Gasteiger partial charge in [0.25, 0.3) is 5.82 Å². The van der Waals surface area contributed by atoms with Gasteiger partial charge in [-0.3, -0.25) is 4.79 Å². The molecule has 1 aromatic heterocycles. The van der Waals surface area contributed by atoms with E-state index >= 15 is 0 Å². The lowest BCUT2D eigenvalue weighted by Gasteiger charge is -2.07. The summed E-state index contributed by atoms with van der Waals surface area (Å²) in [6.07, 6.45) is 0.761. The molecule has 0 saturated carbocycles. The minimum atomic E-state index is -0.644. The number of hydrogen-bond acceptors (Lipinski definition) is 7. The highest BCUT2D eigenvalue weighted by atomic mass is 35.5. The first-order valence-corrected chi connectivity index (χ1v) is 7.84. The molecule has 9 heteroatoms. The maximum Gasteiger partial charge on any atom is 0.377 e. The van der Waals surface area contributed by atoms with Crippen molar-refractivity contribution in [1.29, 1.82) is 0 Å². The van der Waals surface area contributed by atoms with Gasteiger partial charge in [0.15, 0.2) is 0 Å². The highest BCUT2D eigenvalue weighted by Gasteiger charge is 2.14. The minimum absolute atomic E-state index is 0.0742. The third-order valence-corrected chi connectivity index (χ3v) is 3.63. The average molecular weight is 356 g/mol. The molecule has 0 radical (unpaired) electrons. The molecule has 0 unspecified atom stereocenters. The molecule has 0 aliphatic carbocycles. The number of methoxy groups -OCH3 is 1. The van der Waals surface area contributed by atoms with Gasteiger partial charge in [-0.05, 0) is 18.6 Å². The molecule has 23 heavy (non-hydrogen) atoms. The van der Waals surface area contributed by atoms with Crippen LogP contribution in [0.15, 0.2) is 24.3 Å². The Labute approximate surface area is 141 Å². The van der Waals surface area contributed by atoms with Gasteiger partial charge < -0.3 is 14.8 Å². The first-order valence-electron chi connectivity index (χ1n) is 6.69. The topological polar surface area (TPSA) is 90.4 Å². The van der Waals surface area contributed by atoms with E-state index in [1.807, 2.05) is 12.1 Å². The Morgan fingerprint density at radius 3 is 2.87 bits per heavy atom. The number of benzene rings is 1. The SMILES string of the molecule is COC(=O)c1nsc(NC(=O)CCCOc2ccccc2Cl)n1. The number of carbonyl (C=O) groups is 2. The van der Waals surface area contributed by atoms with Crippen LogP contribution in [0, 0.1) is 0 Å².